The van der Waals surface area contributed by atoms with Crippen molar-refractivity contribution >= 4 is 45.6 Å². The molecule has 80 heavy (non-hydrogen) atoms. The largest absolute Gasteiger partial charge is 0.494 e. The van der Waals surface area contributed by atoms with E-state index in [2.05, 4.69) is 47.3 Å². The molecule has 16 heteroatoms. The third-order valence-corrected chi connectivity index (χ3v) is 16.5. The van der Waals surface area contributed by atoms with Crippen molar-refractivity contribution in [2.24, 2.45) is 11.8 Å². The predicted molar refractivity (Wildman–Crippen MR) is 317 cm³/mol. The molecule has 0 saturated heterocycles. The van der Waals surface area contributed by atoms with Crippen LogP contribution >= 0.6 is 0 Å². The minimum Gasteiger partial charge on any atom is -0.494 e. The fraction of sp³-hybridized carbons (Fsp3) is 0.656. The summed E-state index contributed by atoms with van der Waals surface area (Å²) in [7, 11) is 0. The van der Waals surface area contributed by atoms with E-state index in [4.69, 9.17) is 19.1 Å². The molecule has 0 bridgehead atoms. The molecule has 2 aromatic heterocycles. The summed E-state index contributed by atoms with van der Waals surface area (Å²) in [5.41, 5.74) is -0.993. The van der Waals surface area contributed by atoms with Gasteiger partial charge < -0.3 is 38.7 Å². The van der Waals surface area contributed by atoms with Crippen LogP contribution in [-0.4, -0.2) is 131 Å². The number of amides is 2. The van der Waals surface area contributed by atoms with Crippen LogP contribution in [0.2, 0.25) is 0 Å². The summed E-state index contributed by atoms with van der Waals surface area (Å²) < 4.78 is 13.6. The van der Waals surface area contributed by atoms with Gasteiger partial charge in [0, 0.05) is 61.9 Å². The van der Waals surface area contributed by atoms with Crippen molar-refractivity contribution in [3.8, 4) is 11.5 Å². The number of pyridine rings is 2. The molecule has 0 radical (unpaired) electrons. The molecular formula is C64H96N6O10. The van der Waals surface area contributed by atoms with Crippen molar-refractivity contribution in [2.45, 2.75) is 182 Å². The van der Waals surface area contributed by atoms with Gasteiger partial charge in [-0.05, 0) is 177 Å². The summed E-state index contributed by atoms with van der Waals surface area (Å²) in [4.78, 5) is 99.5. The minimum atomic E-state index is -1.52. The number of benzene rings is 2. The number of rotatable bonds is 32. The van der Waals surface area contributed by atoms with Crippen molar-refractivity contribution in [1.82, 2.24) is 29.1 Å². The van der Waals surface area contributed by atoms with E-state index in [9.17, 15) is 28.8 Å². The predicted octanol–water partition coefficient (Wildman–Crippen LogP) is 10.6. The Hall–Kier alpha value is -5.74. The van der Waals surface area contributed by atoms with Crippen molar-refractivity contribution < 1.29 is 38.3 Å². The van der Waals surface area contributed by atoms with Gasteiger partial charge in [0.1, 0.15) is 11.5 Å². The van der Waals surface area contributed by atoms with Crippen molar-refractivity contribution in [1.29, 1.82) is 0 Å². The van der Waals surface area contributed by atoms with E-state index in [-0.39, 0.29) is 22.8 Å². The monoisotopic (exact) mass is 1110 g/mol. The zero-order valence-electron chi connectivity index (χ0n) is 49.1. The lowest BCUT2D eigenvalue weighted by Crippen LogP contribution is -2.40. The Morgan fingerprint density at radius 3 is 1.19 bits per heavy atom. The van der Waals surface area contributed by atoms with Crippen LogP contribution in [0.25, 0.3) is 21.8 Å². The van der Waals surface area contributed by atoms with E-state index in [1.165, 1.54) is 102 Å². The Morgan fingerprint density at radius 2 is 0.812 bits per heavy atom. The molecule has 2 fully saturated rings. The fourth-order valence-corrected chi connectivity index (χ4v) is 11.5. The van der Waals surface area contributed by atoms with Gasteiger partial charge in [-0.25, -0.2) is 9.59 Å². The second kappa shape index (κ2) is 35.2. The van der Waals surface area contributed by atoms with E-state index in [0.717, 1.165) is 91.1 Å². The fourth-order valence-electron chi connectivity index (χ4n) is 11.5. The maximum absolute atomic E-state index is 13.6. The van der Waals surface area contributed by atoms with Gasteiger partial charge in [-0.1, -0.05) is 91.9 Å². The molecule has 442 valence electrons. The standard InChI is InChI=1S/C64H96N6O10/c1-5-65(6-2)41-21-23-43-67(49-51-27-15-11-9-12-16-28-51)59(71)31-19-25-45-77-55-35-37-57-53(47-55)33-39-61(73)69(57)79-63(75)64(76)80-70-58-38-36-56(48-54(58)34-40-62(70)74)78-46-26-20-32-60(72)68(44-24-22-42-66(7-3)8-4)50-52-29-17-13-10-14-18-30-52/h33-40,47-48,51-52H,5-32,41-46,49-50H2,1-4H3. The second-order valence-electron chi connectivity index (χ2n) is 22.3. The van der Waals surface area contributed by atoms with E-state index in [1.54, 1.807) is 48.5 Å². The normalized spacial score (nSPS) is 14.8. The summed E-state index contributed by atoms with van der Waals surface area (Å²) in [6.45, 7) is 19.1. The van der Waals surface area contributed by atoms with Gasteiger partial charge in [0.25, 0.3) is 11.1 Å². The Labute approximate surface area is 476 Å². The smallest absolute Gasteiger partial charge is 0.444 e. The summed E-state index contributed by atoms with van der Waals surface area (Å²) in [5.74, 6) is -0.395. The number of nitrogens with zero attached hydrogens (tertiary/aromatic N) is 6. The number of ether oxygens (including phenoxy) is 2. The number of unbranched alkanes of at least 4 members (excludes halogenated alkanes) is 4. The molecule has 2 saturated carbocycles. The zero-order valence-corrected chi connectivity index (χ0v) is 49.1. The van der Waals surface area contributed by atoms with Crippen molar-refractivity contribution in [2.75, 3.05) is 78.7 Å². The molecule has 2 amide bonds. The molecule has 0 aliphatic heterocycles. The molecule has 16 nitrogen and oxygen atoms in total. The van der Waals surface area contributed by atoms with Gasteiger partial charge in [-0.3, -0.25) is 19.2 Å². The molecule has 2 aromatic carbocycles. The van der Waals surface area contributed by atoms with E-state index < -0.39 is 23.1 Å². The lowest BCUT2D eigenvalue weighted by atomic mass is 9.90. The molecule has 2 aliphatic rings. The van der Waals surface area contributed by atoms with Gasteiger partial charge in [0.05, 0.1) is 24.2 Å². The quantitative estimate of drug-likeness (QED) is 0.0337. The highest BCUT2D eigenvalue weighted by Gasteiger charge is 2.25. The average Bonchev–Trinajstić information content (AvgIpc) is 3.50. The van der Waals surface area contributed by atoms with Crippen LogP contribution in [0.4, 0.5) is 0 Å². The van der Waals surface area contributed by atoms with E-state index in [1.807, 2.05) is 0 Å². The first-order chi connectivity index (χ1) is 39.0. The first-order valence-corrected chi connectivity index (χ1v) is 31.0. The van der Waals surface area contributed by atoms with Gasteiger partial charge in [-0.2, -0.15) is 0 Å². The number of carbonyl (C=O) groups excluding carboxylic acids is 4. The van der Waals surface area contributed by atoms with Gasteiger partial charge in [-0.15, -0.1) is 9.46 Å². The maximum atomic E-state index is 13.6. The zero-order chi connectivity index (χ0) is 56.9. The molecule has 0 unspecified atom stereocenters. The number of hydrogen-bond acceptors (Lipinski definition) is 12. The van der Waals surface area contributed by atoms with Gasteiger partial charge >= 0.3 is 11.9 Å². The molecule has 0 atom stereocenters. The highest BCUT2D eigenvalue weighted by molar-refractivity contribution is 6.30. The maximum Gasteiger partial charge on any atom is 0.444 e. The second-order valence-corrected chi connectivity index (χ2v) is 22.3. The molecule has 4 aromatic rings. The van der Waals surface area contributed by atoms with Crippen LogP contribution < -0.4 is 30.3 Å². The lowest BCUT2D eigenvalue weighted by molar-refractivity contribution is -0.168. The first kappa shape index (κ1) is 63.4. The molecule has 0 N–H and O–H groups in total. The summed E-state index contributed by atoms with van der Waals surface area (Å²) in [6, 6.07) is 15.4. The molecule has 6 rings (SSSR count). The van der Waals surface area contributed by atoms with Crippen LogP contribution in [-0.2, 0) is 19.2 Å². The van der Waals surface area contributed by atoms with Crippen LogP contribution in [0.5, 0.6) is 11.5 Å². The van der Waals surface area contributed by atoms with Crippen LogP contribution in [0, 0.1) is 11.8 Å². The van der Waals surface area contributed by atoms with E-state index >= 15 is 0 Å². The van der Waals surface area contributed by atoms with Crippen LogP contribution in [0.1, 0.15) is 182 Å². The van der Waals surface area contributed by atoms with Gasteiger partial charge in [0.2, 0.25) is 11.8 Å². The highest BCUT2D eigenvalue weighted by atomic mass is 16.7. The Kier molecular flexibility index (Phi) is 27.9. The number of hydrogen-bond donors (Lipinski definition) is 0. The van der Waals surface area contributed by atoms with Crippen LogP contribution in [0.3, 0.4) is 0 Å². The molecule has 0 spiro atoms. The average molecular weight is 1110 g/mol. The molecule has 2 heterocycles. The number of fused-ring (bicyclic) bond motifs is 2. The Balaban J connectivity index is 0.965. The van der Waals surface area contributed by atoms with Crippen molar-refractivity contribution in [3.05, 3.63) is 81.4 Å². The SMILES string of the molecule is CCN(CC)CCCCN(CC1CCCCCCC1)C(=O)CCCCOc1ccc2c(ccc(=O)n2OC(=O)C(=O)On2c(=O)ccc3cc(OCCCCC(=O)N(CCCCN(CC)CC)CC4CCCCCCC4)ccc32)c1. The lowest BCUT2D eigenvalue weighted by Gasteiger charge is -2.29. The molecule has 2 aliphatic carbocycles. The number of carbonyl (C=O) groups is 4. The third kappa shape index (κ3) is 21.0. The first-order valence-electron chi connectivity index (χ1n) is 31.0. The number of aromatic nitrogens is 2. The van der Waals surface area contributed by atoms with Gasteiger partial charge in [0.15, 0.2) is 0 Å². The summed E-state index contributed by atoms with van der Waals surface area (Å²) in [5, 5.41) is 1.02. The summed E-state index contributed by atoms with van der Waals surface area (Å²) >= 11 is 0. The highest BCUT2D eigenvalue weighted by Crippen LogP contribution is 2.27. The summed E-state index contributed by atoms with van der Waals surface area (Å²) in [6.07, 6.45) is 25.5. The van der Waals surface area contributed by atoms with Crippen LogP contribution in [0.15, 0.2) is 70.3 Å². The topological polar surface area (TPSA) is 162 Å². The third-order valence-electron chi connectivity index (χ3n) is 16.5. The minimum absolute atomic E-state index is 0.207. The van der Waals surface area contributed by atoms with E-state index in [0.29, 0.717) is 95.3 Å². The molecular weight excluding hydrogens is 1010 g/mol. The Bertz CT molecular complexity index is 2450. The Morgan fingerprint density at radius 1 is 0.450 bits per heavy atom. The van der Waals surface area contributed by atoms with Crippen molar-refractivity contribution in [3.63, 3.8) is 0 Å².